The Balaban J connectivity index is 1.97. The lowest BCUT2D eigenvalue weighted by Gasteiger charge is -2.21. The molecule has 2 aromatic rings. The summed E-state index contributed by atoms with van der Waals surface area (Å²) in [5, 5.41) is 12.9. The van der Waals surface area contributed by atoms with Gasteiger partial charge in [-0.25, -0.2) is 0 Å². The van der Waals surface area contributed by atoms with E-state index in [0.29, 0.717) is 17.0 Å². The molecule has 4 N–H and O–H groups in total. The van der Waals surface area contributed by atoms with Crippen LogP contribution in [0.1, 0.15) is 35.9 Å². The van der Waals surface area contributed by atoms with E-state index in [1.165, 1.54) is 11.8 Å². The number of benzene rings is 2. The topological polar surface area (TPSA) is 92.4 Å². The minimum absolute atomic E-state index is 0.105. The quantitative estimate of drug-likeness (QED) is 0.663. The standard InChI is InChI=1S/C20H24N2O3S/c1-13(2)18(26-12-17(23)14-6-4-3-5-7-14)20(25)22-16-10-8-15(9-11-16)19(21)24/h3-11,13,17-18,23H,12H2,1-2H3,(H2,21,24)(H,22,25). The van der Waals surface area contributed by atoms with Crippen LogP contribution in [-0.4, -0.2) is 27.9 Å². The number of carbonyl (C=O) groups is 2. The number of aliphatic hydroxyl groups is 1. The predicted molar refractivity (Wildman–Crippen MR) is 106 cm³/mol. The minimum Gasteiger partial charge on any atom is -0.388 e. The molecule has 2 rings (SSSR count). The molecular weight excluding hydrogens is 348 g/mol. The van der Waals surface area contributed by atoms with Crippen LogP contribution in [0.2, 0.25) is 0 Å². The molecular formula is C20H24N2O3S. The number of anilines is 1. The third-order valence-electron chi connectivity index (χ3n) is 3.92. The molecule has 0 saturated heterocycles. The first-order chi connectivity index (χ1) is 12.4. The van der Waals surface area contributed by atoms with Crippen molar-refractivity contribution in [2.75, 3.05) is 11.1 Å². The molecule has 0 heterocycles. The van der Waals surface area contributed by atoms with Crippen LogP contribution in [-0.2, 0) is 4.79 Å². The van der Waals surface area contributed by atoms with Crippen molar-refractivity contribution in [3.63, 3.8) is 0 Å². The SMILES string of the molecule is CC(C)C(SCC(O)c1ccccc1)C(=O)Nc1ccc(C(N)=O)cc1. The number of carbonyl (C=O) groups excluding carboxylic acids is 2. The summed E-state index contributed by atoms with van der Waals surface area (Å²) in [6.07, 6.45) is -0.620. The molecule has 0 bridgehead atoms. The van der Waals surface area contributed by atoms with Crippen molar-refractivity contribution in [1.29, 1.82) is 0 Å². The average Bonchev–Trinajstić information content (AvgIpc) is 2.62. The third-order valence-corrected chi connectivity index (χ3v) is 5.54. The molecule has 0 fully saturated rings. The van der Waals surface area contributed by atoms with Gasteiger partial charge in [-0.2, -0.15) is 0 Å². The number of nitrogens with one attached hydrogen (secondary N) is 1. The first-order valence-electron chi connectivity index (χ1n) is 8.44. The van der Waals surface area contributed by atoms with Crippen molar-refractivity contribution in [2.45, 2.75) is 25.2 Å². The summed E-state index contributed by atoms with van der Waals surface area (Å²) >= 11 is 1.43. The van der Waals surface area contributed by atoms with E-state index in [1.807, 2.05) is 44.2 Å². The maximum absolute atomic E-state index is 12.6. The van der Waals surface area contributed by atoms with Gasteiger partial charge in [0, 0.05) is 17.0 Å². The van der Waals surface area contributed by atoms with Crippen molar-refractivity contribution in [3.05, 3.63) is 65.7 Å². The fourth-order valence-corrected chi connectivity index (χ4v) is 3.65. The number of hydrogen-bond acceptors (Lipinski definition) is 4. The van der Waals surface area contributed by atoms with E-state index in [2.05, 4.69) is 5.32 Å². The number of amides is 2. The van der Waals surface area contributed by atoms with Crippen LogP contribution < -0.4 is 11.1 Å². The first kappa shape index (κ1) is 20.0. The molecule has 0 aliphatic rings. The molecule has 2 aromatic carbocycles. The number of rotatable bonds is 8. The molecule has 0 saturated carbocycles. The van der Waals surface area contributed by atoms with Gasteiger partial charge >= 0.3 is 0 Å². The van der Waals surface area contributed by atoms with E-state index in [9.17, 15) is 14.7 Å². The third kappa shape index (κ3) is 5.61. The molecule has 6 heteroatoms. The van der Waals surface area contributed by atoms with Gasteiger partial charge in [-0.05, 0) is 35.7 Å². The van der Waals surface area contributed by atoms with Crippen molar-refractivity contribution in [2.24, 2.45) is 11.7 Å². The molecule has 2 unspecified atom stereocenters. The highest BCUT2D eigenvalue weighted by Gasteiger charge is 2.24. The van der Waals surface area contributed by atoms with Gasteiger partial charge in [-0.3, -0.25) is 9.59 Å². The number of aliphatic hydroxyl groups excluding tert-OH is 1. The Hall–Kier alpha value is -2.31. The zero-order chi connectivity index (χ0) is 19.1. The summed E-state index contributed by atoms with van der Waals surface area (Å²) in [6.45, 7) is 3.95. The van der Waals surface area contributed by atoms with Crippen molar-refractivity contribution >= 4 is 29.3 Å². The van der Waals surface area contributed by atoms with Crippen molar-refractivity contribution in [1.82, 2.24) is 0 Å². The van der Waals surface area contributed by atoms with E-state index in [-0.39, 0.29) is 17.1 Å². The second kappa shape index (κ2) is 9.40. The lowest BCUT2D eigenvalue weighted by Crippen LogP contribution is -2.30. The normalized spacial score (nSPS) is 13.2. The van der Waals surface area contributed by atoms with Crippen LogP contribution in [0.5, 0.6) is 0 Å². The monoisotopic (exact) mass is 372 g/mol. The Morgan fingerprint density at radius 1 is 1.08 bits per heavy atom. The smallest absolute Gasteiger partial charge is 0.248 e. The Morgan fingerprint density at radius 2 is 1.69 bits per heavy atom. The highest BCUT2D eigenvalue weighted by molar-refractivity contribution is 8.00. The molecule has 0 spiro atoms. The Labute approximate surface area is 158 Å². The summed E-state index contributed by atoms with van der Waals surface area (Å²) in [5.41, 5.74) is 7.05. The summed E-state index contributed by atoms with van der Waals surface area (Å²) < 4.78 is 0. The Morgan fingerprint density at radius 3 is 2.23 bits per heavy atom. The van der Waals surface area contributed by atoms with Crippen LogP contribution in [0.4, 0.5) is 5.69 Å². The highest BCUT2D eigenvalue weighted by Crippen LogP contribution is 2.26. The van der Waals surface area contributed by atoms with Crippen LogP contribution >= 0.6 is 11.8 Å². The van der Waals surface area contributed by atoms with Gasteiger partial charge in [-0.15, -0.1) is 11.8 Å². The van der Waals surface area contributed by atoms with Crippen molar-refractivity contribution in [3.8, 4) is 0 Å². The molecule has 0 radical (unpaired) electrons. The molecule has 26 heavy (non-hydrogen) atoms. The first-order valence-corrected chi connectivity index (χ1v) is 9.48. The van der Waals surface area contributed by atoms with Crippen LogP contribution in [0.3, 0.4) is 0 Å². The number of thioether (sulfide) groups is 1. The molecule has 5 nitrogen and oxygen atoms in total. The molecule has 138 valence electrons. The van der Waals surface area contributed by atoms with E-state index in [0.717, 1.165) is 5.56 Å². The number of nitrogens with two attached hydrogens (primary N) is 1. The Kier molecular flexibility index (Phi) is 7.24. The summed E-state index contributed by atoms with van der Waals surface area (Å²) in [7, 11) is 0. The molecule has 0 aliphatic heterocycles. The van der Waals surface area contributed by atoms with Gasteiger partial charge in [0.2, 0.25) is 11.8 Å². The van der Waals surface area contributed by atoms with Crippen molar-refractivity contribution < 1.29 is 14.7 Å². The average molecular weight is 372 g/mol. The minimum atomic E-state index is -0.620. The molecule has 2 atom stereocenters. The van der Waals surface area contributed by atoms with Gasteiger partial charge < -0.3 is 16.2 Å². The van der Waals surface area contributed by atoms with Gasteiger partial charge in [0.05, 0.1) is 11.4 Å². The number of hydrogen-bond donors (Lipinski definition) is 3. The Bertz CT molecular complexity index is 732. The lowest BCUT2D eigenvalue weighted by molar-refractivity contribution is -0.116. The molecule has 2 amide bonds. The van der Waals surface area contributed by atoms with Gasteiger partial charge in [0.1, 0.15) is 0 Å². The molecule has 0 aliphatic carbocycles. The second-order valence-electron chi connectivity index (χ2n) is 6.36. The number of primary amides is 1. The summed E-state index contributed by atoms with van der Waals surface area (Å²) in [5.74, 6) is -0.0979. The van der Waals surface area contributed by atoms with Crippen LogP contribution in [0, 0.1) is 5.92 Å². The van der Waals surface area contributed by atoms with Gasteiger partial charge in [0.25, 0.3) is 0 Å². The predicted octanol–water partition coefficient (Wildman–Crippen LogP) is 3.22. The zero-order valence-electron chi connectivity index (χ0n) is 14.9. The highest BCUT2D eigenvalue weighted by atomic mass is 32.2. The van der Waals surface area contributed by atoms with E-state index < -0.39 is 12.0 Å². The molecule has 0 aromatic heterocycles. The lowest BCUT2D eigenvalue weighted by atomic mass is 10.1. The van der Waals surface area contributed by atoms with Gasteiger partial charge in [0.15, 0.2) is 0 Å². The zero-order valence-corrected chi connectivity index (χ0v) is 15.7. The largest absolute Gasteiger partial charge is 0.388 e. The van der Waals surface area contributed by atoms with E-state index >= 15 is 0 Å². The second-order valence-corrected chi connectivity index (χ2v) is 7.53. The van der Waals surface area contributed by atoms with Crippen LogP contribution in [0.25, 0.3) is 0 Å². The fourth-order valence-electron chi connectivity index (χ4n) is 2.47. The van der Waals surface area contributed by atoms with Crippen LogP contribution in [0.15, 0.2) is 54.6 Å². The van der Waals surface area contributed by atoms with Gasteiger partial charge in [-0.1, -0.05) is 44.2 Å². The summed E-state index contributed by atoms with van der Waals surface area (Å²) in [6, 6.07) is 15.9. The maximum atomic E-state index is 12.6. The van der Waals surface area contributed by atoms with E-state index in [4.69, 9.17) is 5.73 Å². The maximum Gasteiger partial charge on any atom is 0.248 e. The summed E-state index contributed by atoms with van der Waals surface area (Å²) in [4.78, 5) is 23.7. The van der Waals surface area contributed by atoms with E-state index in [1.54, 1.807) is 24.3 Å². The fraction of sp³-hybridized carbons (Fsp3) is 0.300.